The Morgan fingerprint density at radius 3 is 2.79 bits per heavy atom. The van der Waals surface area contributed by atoms with Crippen LogP contribution < -0.4 is 10.6 Å². The van der Waals surface area contributed by atoms with Gasteiger partial charge in [0.1, 0.15) is 5.69 Å². The molecule has 1 amide bonds. The van der Waals surface area contributed by atoms with E-state index in [1.807, 2.05) is 41.2 Å². The van der Waals surface area contributed by atoms with Crippen LogP contribution in [0.3, 0.4) is 0 Å². The van der Waals surface area contributed by atoms with Gasteiger partial charge in [0.15, 0.2) is 5.13 Å². The summed E-state index contributed by atoms with van der Waals surface area (Å²) in [4.78, 5) is 16.6. The van der Waals surface area contributed by atoms with Gasteiger partial charge in [-0.2, -0.15) is 5.10 Å². The average Bonchev–Trinajstić information content (AvgIpc) is 3.17. The van der Waals surface area contributed by atoms with E-state index < -0.39 is 0 Å². The summed E-state index contributed by atoms with van der Waals surface area (Å²) in [6.07, 6.45) is 7.15. The van der Waals surface area contributed by atoms with Crippen LogP contribution in [0.4, 0.5) is 16.5 Å². The third-order valence-corrected chi connectivity index (χ3v) is 4.83. The maximum Gasteiger partial charge on any atom is 0.275 e. The van der Waals surface area contributed by atoms with E-state index >= 15 is 0 Å². The van der Waals surface area contributed by atoms with Gasteiger partial charge in [-0.05, 0) is 31.4 Å². The van der Waals surface area contributed by atoms with Crippen LogP contribution in [0.1, 0.15) is 35.8 Å². The van der Waals surface area contributed by atoms with Crippen molar-refractivity contribution in [1.82, 2.24) is 14.8 Å². The van der Waals surface area contributed by atoms with Crippen LogP contribution in [-0.2, 0) is 0 Å². The van der Waals surface area contributed by atoms with E-state index in [-0.39, 0.29) is 5.91 Å². The third kappa shape index (κ3) is 3.16. The van der Waals surface area contributed by atoms with Gasteiger partial charge in [-0.15, -0.1) is 11.3 Å². The number of para-hydroxylation sites is 1. The first-order chi connectivity index (χ1) is 11.8. The molecular weight excluding hydrogens is 322 g/mol. The van der Waals surface area contributed by atoms with Crippen molar-refractivity contribution in [3.8, 4) is 0 Å². The van der Waals surface area contributed by atoms with Crippen molar-refractivity contribution in [2.75, 3.05) is 10.6 Å². The number of benzene rings is 1. The predicted octanol–water partition coefficient (Wildman–Crippen LogP) is 4.06. The number of thiazole rings is 1. The lowest BCUT2D eigenvalue weighted by Crippen LogP contribution is -2.17. The maximum atomic E-state index is 12.3. The number of carbonyl (C=O) groups is 1. The Morgan fingerprint density at radius 1 is 1.21 bits per heavy atom. The number of carbonyl (C=O) groups excluding carboxylic acids is 1. The van der Waals surface area contributed by atoms with Gasteiger partial charge in [-0.25, -0.2) is 4.98 Å². The lowest BCUT2D eigenvalue weighted by molar-refractivity contribution is 0.102. The van der Waals surface area contributed by atoms with Gasteiger partial charge in [0.25, 0.3) is 5.91 Å². The van der Waals surface area contributed by atoms with E-state index in [2.05, 4.69) is 20.7 Å². The van der Waals surface area contributed by atoms with E-state index in [1.54, 1.807) is 11.6 Å². The second-order valence-corrected chi connectivity index (χ2v) is 6.63. The molecule has 0 bridgehead atoms. The SMILES string of the molecule is O=C(Nc1cnn(C2CCC2)c1)c1csc(Nc2ccccc2)n1. The smallest absolute Gasteiger partial charge is 0.275 e. The fraction of sp³-hybridized carbons (Fsp3) is 0.235. The van der Waals surface area contributed by atoms with Crippen LogP contribution in [0.5, 0.6) is 0 Å². The van der Waals surface area contributed by atoms with Gasteiger partial charge in [0.05, 0.1) is 17.9 Å². The molecule has 1 aliphatic carbocycles. The molecule has 122 valence electrons. The van der Waals surface area contributed by atoms with E-state index in [4.69, 9.17) is 0 Å². The topological polar surface area (TPSA) is 71.8 Å². The molecular formula is C17H17N5OS. The molecule has 0 aliphatic heterocycles. The molecule has 1 fully saturated rings. The highest BCUT2D eigenvalue weighted by molar-refractivity contribution is 7.14. The van der Waals surface area contributed by atoms with E-state index in [0.717, 1.165) is 18.5 Å². The number of anilines is 3. The fourth-order valence-electron chi connectivity index (χ4n) is 2.53. The summed E-state index contributed by atoms with van der Waals surface area (Å²) >= 11 is 1.40. The molecule has 6 nitrogen and oxygen atoms in total. The molecule has 1 aliphatic rings. The zero-order valence-corrected chi connectivity index (χ0v) is 13.8. The molecule has 4 rings (SSSR count). The molecule has 3 aromatic rings. The molecule has 2 aromatic heterocycles. The summed E-state index contributed by atoms with van der Waals surface area (Å²) in [5, 5.41) is 12.8. The van der Waals surface area contributed by atoms with E-state index in [0.29, 0.717) is 22.6 Å². The number of amides is 1. The number of nitrogens with one attached hydrogen (secondary N) is 2. The van der Waals surface area contributed by atoms with Crippen molar-refractivity contribution in [2.45, 2.75) is 25.3 Å². The third-order valence-electron chi connectivity index (χ3n) is 4.07. The summed E-state index contributed by atoms with van der Waals surface area (Å²) in [5.41, 5.74) is 2.05. The molecule has 2 heterocycles. The average molecular weight is 339 g/mol. The van der Waals surface area contributed by atoms with Gasteiger partial charge in [0, 0.05) is 17.3 Å². The molecule has 1 saturated carbocycles. The Kier molecular flexibility index (Phi) is 4.00. The largest absolute Gasteiger partial charge is 0.332 e. The number of aromatic nitrogens is 3. The Hall–Kier alpha value is -2.67. The van der Waals surface area contributed by atoms with Crippen molar-refractivity contribution >= 4 is 33.8 Å². The van der Waals surface area contributed by atoms with Crippen molar-refractivity contribution in [2.24, 2.45) is 0 Å². The number of hydrogen-bond acceptors (Lipinski definition) is 5. The van der Waals surface area contributed by atoms with Crippen LogP contribution in [0, 0.1) is 0 Å². The highest BCUT2D eigenvalue weighted by atomic mass is 32.1. The van der Waals surface area contributed by atoms with Gasteiger partial charge in [0.2, 0.25) is 0 Å². The van der Waals surface area contributed by atoms with Gasteiger partial charge >= 0.3 is 0 Å². The Balaban J connectivity index is 1.40. The Bertz CT molecular complexity index is 838. The molecule has 7 heteroatoms. The lowest BCUT2D eigenvalue weighted by atomic mass is 9.93. The summed E-state index contributed by atoms with van der Waals surface area (Å²) in [6.45, 7) is 0. The molecule has 0 unspecified atom stereocenters. The normalized spacial score (nSPS) is 14.2. The minimum atomic E-state index is -0.222. The first-order valence-corrected chi connectivity index (χ1v) is 8.79. The molecule has 0 spiro atoms. The lowest BCUT2D eigenvalue weighted by Gasteiger charge is -2.25. The molecule has 0 atom stereocenters. The fourth-order valence-corrected chi connectivity index (χ4v) is 3.24. The summed E-state index contributed by atoms with van der Waals surface area (Å²) in [7, 11) is 0. The summed E-state index contributed by atoms with van der Waals surface area (Å²) < 4.78 is 1.93. The van der Waals surface area contributed by atoms with E-state index in [9.17, 15) is 4.79 Å². The van der Waals surface area contributed by atoms with Crippen LogP contribution in [0.2, 0.25) is 0 Å². The standard InChI is InChI=1S/C17H17N5OS/c23-16(19-13-9-18-22(10-13)14-7-4-8-14)15-11-24-17(21-15)20-12-5-2-1-3-6-12/h1-3,5-6,9-11,14H,4,7-8H2,(H,19,23)(H,20,21). The van der Waals surface area contributed by atoms with Crippen LogP contribution in [-0.4, -0.2) is 20.7 Å². The highest BCUT2D eigenvalue weighted by Crippen LogP contribution is 2.31. The Labute approximate surface area is 143 Å². The minimum Gasteiger partial charge on any atom is -0.332 e. The minimum absolute atomic E-state index is 0.222. The van der Waals surface area contributed by atoms with Crippen molar-refractivity contribution < 1.29 is 4.79 Å². The molecule has 0 radical (unpaired) electrons. The number of nitrogens with zero attached hydrogens (tertiary/aromatic N) is 3. The van der Waals surface area contributed by atoms with Gasteiger partial charge in [-0.1, -0.05) is 18.2 Å². The monoisotopic (exact) mass is 339 g/mol. The number of rotatable bonds is 5. The molecule has 2 N–H and O–H groups in total. The van der Waals surface area contributed by atoms with Crippen LogP contribution in [0.25, 0.3) is 0 Å². The van der Waals surface area contributed by atoms with Gasteiger partial charge < -0.3 is 10.6 Å². The maximum absolute atomic E-state index is 12.3. The van der Waals surface area contributed by atoms with Crippen molar-refractivity contribution in [3.63, 3.8) is 0 Å². The van der Waals surface area contributed by atoms with E-state index in [1.165, 1.54) is 17.8 Å². The van der Waals surface area contributed by atoms with Crippen molar-refractivity contribution in [1.29, 1.82) is 0 Å². The van der Waals surface area contributed by atoms with Crippen molar-refractivity contribution in [3.05, 3.63) is 53.8 Å². The van der Waals surface area contributed by atoms with Gasteiger partial charge in [-0.3, -0.25) is 9.48 Å². The summed E-state index contributed by atoms with van der Waals surface area (Å²) in [5.74, 6) is -0.222. The molecule has 1 aromatic carbocycles. The Morgan fingerprint density at radius 2 is 2.04 bits per heavy atom. The number of hydrogen-bond donors (Lipinski definition) is 2. The summed E-state index contributed by atoms with van der Waals surface area (Å²) in [6, 6.07) is 10.2. The zero-order chi connectivity index (χ0) is 16.4. The molecule has 0 saturated heterocycles. The van der Waals surface area contributed by atoms with Crippen LogP contribution in [0.15, 0.2) is 48.1 Å². The van der Waals surface area contributed by atoms with Crippen LogP contribution >= 0.6 is 11.3 Å². The highest BCUT2D eigenvalue weighted by Gasteiger charge is 2.20. The second-order valence-electron chi connectivity index (χ2n) is 5.78. The first kappa shape index (κ1) is 14.9. The molecule has 24 heavy (non-hydrogen) atoms. The second kappa shape index (κ2) is 6.45. The predicted molar refractivity (Wildman–Crippen MR) is 94.9 cm³/mol. The first-order valence-electron chi connectivity index (χ1n) is 7.91. The zero-order valence-electron chi connectivity index (χ0n) is 13.0. The quantitative estimate of drug-likeness (QED) is 0.735.